The van der Waals surface area contributed by atoms with Crippen molar-refractivity contribution in [2.75, 3.05) is 31.1 Å². The van der Waals surface area contributed by atoms with Crippen molar-refractivity contribution in [2.45, 2.75) is 44.1 Å². The van der Waals surface area contributed by atoms with E-state index in [9.17, 15) is 14.3 Å². The molecule has 5 heteroatoms. The third-order valence-electron chi connectivity index (χ3n) is 7.27. The topological polar surface area (TPSA) is 43.8 Å². The van der Waals surface area contributed by atoms with Gasteiger partial charge in [-0.3, -0.25) is 4.79 Å². The van der Waals surface area contributed by atoms with Crippen LogP contribution in [0.15, 0.2) is 48.5 Å². The van der Waals surface area contributed by atoms with E-state index in [0.29, 0.717) is 6.54 Å². The lowest BCUT2D eigenvalue weighted by Crippen LogP contribution is -2.45. The molecule has 4 nitrogen and oxygen atoms in total. The normalized spacial score (nSPS) is 22.6. The number of hydrogen-bond acceptors (Lipinski definition) is 3. The molecule has 0 aromatic heterocycles. The summed E-state index contributed by atoms with van der Waals surface area (Å²) in [6.07, 6.45) is 4.51. The van der Waals surface area contributed by atoms with E-state index in [1.54, 1.807) is 12.1 Å². The Kier molecular flexibility index (Phi) is 5.11. The summed E-state index contributed by atoms with van der Waals surface area (Å²) >= 11 is 0. The number of hydrogen-bond donors (Lipinski definition) is 1. The van der Waals surface area contributed by atoms with Crippen LogP contribution in [0.5, 0.6) is 0 Å². The van der Waals surface area contributed by atoms with Crippen molar-refractivity contribution in [3.05, 3.63) is 65.5 Å². The average molecular weight is 409 g/mol. The zero-order valence-electron chi connectivity index (χ0n) is 17.3. The minimum Gasteiger partial charge on any atom is -0.387 e. The summed E-state index contributed by atoms with van der Waals surface area (Å²) < 4.78 is 13.1. The van der Waals surface area contributed by atoms with Crippen LogP contribution >= 0.6 is 0 Å². The first kappa shape index (κ1) is 19.7. The number of benzene rings is 2. The van der Waals surface area contributed by atoms with Crippen LogP contribution < -0.4 is 4.90 Å². The van der Waals surface area contributed by atoms with Gasteiger partial charge in [0.25, 0.3) is 0 Å². The number of carbonyl (C=O) groups is 1. The molecule has 2 aliphatic heterocycles. The van der Waals surface area contributed by atoms with Crippen LogP contribution in [-0.2, 0) is 4.79 Å². The Labute approximate surface area is 177 Å². The van der Waals surface area contributed by atoms with Crippen molar-refractivity contribution in [3.63, 3.8) is 0 Å². The Morgan fingerprint density at radius 1 is 0.967 bits per heavy atom. The monoisotopic (exact) mass is 408 g/mol. The second kappa shape index (κ2) is 7.78. The first-order valence-corrected chi connectivity index (χ1v) is 11.1. The van der Waals surface area contributed by atoms with Crippen LogP contribution in [0.25, 0.3) is 0 Å². The van der Waals surface area contributed by atoms with Gasteiger partial charge in [0.15, 0.2) is 0 Å². The molecule has 0 unspecified atom stereocenters. The van der Waals surface area contributed by atoms with E-state index in [4.69, 9.17) is 0 Å². The standard InChI is InChI=1S/C25H29FN2O2/c26-21-7-3-20(4-8-21)23(29)17-27-14-11-25(12-15-27)13-16-28(24(25)30)22-9-5-19(6-10-22)18-1-2-18/h3-10,18,23,29H,1-2,11-17H2/t23-/m1/s1. The molecule has 2 heterocycles. The number of rotatable bonds is 5. The predicted molar refractivity (Wildman–Crippen MR) is 115 cm³/mol. The first-order valence-electron chi connectivity index (χ1n) is 11.1. The number of anilines is 1. The van der Waals surface area contributed by atoms with Crippen LogP contribution in [0.4, 0.5) is 10.1 Å². The number of aliphatic hydroxyl groups is 1. The van der Waals surface area contributed by atoms with Gasteiger partial charge in [-0.05, 0) is 86.5 Å². The highest BCUT2D eigenvalue weighted by molar-refractivity contribution is 6.00. The zero-order chi connectivity index (χ0) is 20.7. The highest BCUT2D eigenvalue weighted by Gasteiger charge is 2.48. The molecule has 1 amide bonds. The van der Waals surface area contributed by atoms with E-state index >= 15 is 0 Å². The number of likely N-dealkylation sites (tertiary alicyclic amines) is 1. The average Bonchev–Trinajstić information content (AvgIpc) is 3.57. The number of carbonyl (C=O) groups excluding carboxylic acids is 1. The minimum absolute atomic E-state index is 0.257. The van der Waals surface area contributed by atoms with Gasteiger partial charge in [-0.2, -0.15) is 0 Å². The van der Waals surface area contributed by atoms with Crippen LogP contribution in [0, 0.1) is 11.2 Å². The molecule has 0 radical (unpaired) electrons. The molecule has 1 aliphatic carbocycles. The van der Waals surface area contributed by atoms with Crippen molar-refractivity contribution in [3.8, 4) is 0 Å². The molecule has 5 rings (SSSR count). The third-order valence-corrected chi connectivity index (χ3v) is 7.27. The molecular weight excluding hydrogens is 379 g/mol. The Morgan fingerprint density at radius 3 is 2.23 bits per heavy atom. The molecule has 2 saturated heterocycles. The SMILES string of the molecule is O=C1N(c2ccc(C3CC3)cc2)CCC12CCN(C[C@@H](O)c1ccc(F)cc1)CC2. The fourth-order valence-electron chi connectivity index (χ4n) is 5.07. The lowest BCUT2D eigenvalue weighted by molar-refractivity contribution is -0.128. The number of amides is 1. The van der Waals surface area contributed by atoms with E-state index in [-0.39, 0.29) is 17.1 Å². The van der Waals surface area contributed by atoms with Crippen molar-refractivity contribution in [1.82, 2.24) is 4.90 Å². The van der Waals surface area contributed by atoms with Gasteiger partial charge in [0.1, 0.15) is 5.82 Å². The lowest BCUT2D eigenvalue weighted by atomic mass is 9.77. The number of halogens is 1. The smallest absolute Gasteiger partial charge is 0.233 e. The van der Waals surface area contributed by atoms with Crippen LogP contribution in [0.2, 0.25) is 0 Å². The van der Waals surface area contributed by atoms with Crippen LogP contribution in [0.1, 0.15) is 55.3 Å². The van der Waals surface area contributed by atoms with Crippen molar-refractivity contribution >= 4 is 11.6 Å². The fraction of sp³-hybridized carbons (Fsp3) is 0.480. The molecule has 3 fully saturated rings. The highest BCUT2D eigenvalue weighted by Crippen LogP contribution is 2.44. The summed E-state index contributed by atoms with van der Waals surface area (Å²) in [7, 11) is 0. The van der Waals surface area contributed by atoms with E-state index in [1.165, 1.54) is 30.5 Å². The maximum absolute atomic E-state index is 13.3. The Hall–Kier alpha value is -2.24. The van der Waals surface area contributed by atoms with Gasteiger partial charge in [-0.25, -0.2) is 4.39 Å². The van der Waals surface area contributed by atoms with E-state index < -0.39 is 6.10 Å². The molecule has 0 bridgehead atoms. The summed E-state index contributed by atoms with van der Waals surface area (Å²) in [5, 5.41) is 10.5. The molecule has 3 aliphatic rings. The quantitative estimate of drug-likeness (QED) is 0.804. The number of β-amino-alcohol motifs (C(OH)–C–C–N with tert-alkyl or cyclic N) is 1. The molecule has 1 N–H and O–H groups in total. The maximum atomic E-state index is 13.3. The molecule has 158 valence electrons. The van der Waals surface area contributed by atoms with Gasteiger partial charge in [0.2, 0.25) is 5.91 Å². The molecule has 30 heavy (non-hydrogen) atoms. The maximum Gasteiger partial charge on any atom is 0.233 e. The summed E-state index contributed by atoms with van der Waals surface area (Å²) in [5.74, 6) is 0.701. The third kappa shape index (κ3) is 3.77. The van der Waals surface area contributed by atoms with Gasteiger partial charge in [-0.15, -0.1) is 0 Å². The summed E-state index contributed by atoms with van der Waals surface area (Å²) in [6, 6.07) is 14.6. The first-order chi connectivity index (χ1) is 14.5. The molecule has 2 aromatic carbocycles. The largest absolute Gasteiger partial charge is 0.387 e. The minimum atomic E-state index is -0.639. The number of nitrogens with zero attached hydrogens (tertiary/aromatic N) is 2. The van der Waals surface area contributed by atoms with Crippen molar-refractivity contribution in [2.24, 2.45) is 5.41 Å². The van der Waals surface area contributed by atoms with Gasteiger partial charge < -0.3 is 14.9 Å². The second-order valence-corrected chi connectivity index (χ2v) is 9.22. The van der Waals surface area contributed by atoms with E-state index in [0.717, 1.165) is 56.1 Å². The van der Waals surface area contributed by atoms with Crippen LogP contribution in [-0.4, -0.2) is 42.1 Å². The number of piperidine rings is 1. The van der Waals surface area contributed by atoms with Gasteiger partial charge in [0, 0.05) is 18.8 Å². The molecule has 1 spiro atoms. The van der Waals surface area contributed by atoms with Gasteiger partial charge in [-0.1, -0.05) is 24.3 Å². The number of aliphatic hydroxyl groups excluding tert-OH is 1. The fourth-order valence-corrected chi connectivity index (χ4v) is 5.07. The predicted octanol–water partition coefficient (Wildman–Crippen LogP) is 4.26. The molecular formula is C25H29FN2O2. The Bertz CT molecular complexity index is 900. The van der Waals surface area contributed by atoms with Crippen molar-refractivity contribution in [1.29, 1.82) is 0 Å². The van der Waals surface area contributed by atoms with Crippen molar-refractivity contribution < 1.29 is 14.3 Å². The lowest BCUT2D eigenvalue weighted by Gasteiger charge is -2.38. The zero-order valence-corrected chi connectivity index (χ0v) is 17.3. The molecule has 1 atom stereocenters. The van der Waals surface area contributed by atoms with E-state index in [1.807, 2.05) is 4.90 Å². The Balaban J connectivity index is 1.19. The molecule has 2 aromatic rings. The molecule has 1 saturated carbocycles. The highest BCUT2D eigenvalue weighted by atomic mass is 19.1. The summed E-state index contributed by atoms with van der Waals surface area (Å²) in [5.41, 5.74) is 2.89. The second-order valence-electron chi connectivity index (χ2n) is 9.22. The van der Waals surface area contributed by atoms with Gasteiger partial charge >= 0.3 is 0 Å². The van der Waals surface area contributed by atoms with Crippen LogP contribution in [0.3, 0.4) is 0 Å². The van der Waals surface area contributed by atoms with Gasteiger partial charge in [0.05, 0.1) is 11.5 Å². The van der Waals surface area contributed by atoms with E-state index in [2.05, 4.69) is 29.2 Å². The Morgan fingerprint density at radius 2 is 1.60 bits per heavy atom. The summed E-state index contributed by atoms with van der Waals surface area (Å²) in [6.45, 7) is 2.92. The summed E-state index contributed by atoms with van der Waals surface area (Å²) in [4.78, 5) is 17.5.